The molecule has 2 aromatic carbocycles. The second-order valence-corrected chi connectivity index (χ2v) is 13.7. The van der Waals surface area contributed by atoms with Crippen LogP contribution in [0, 0.1) is 6.42 Å². The number of benzene rings is 2. The molecule has 0 aliphatic rings. The summed E-state index contributed by atoms with van der Waals surface area (Å²) in [4.78, 5) is 39.2. The van der Waals surface area contributed by atoms with Gasteiger partial charge in [0.15, 0.2) is 0 Å². The van der Waals surface area contributed by atoms with Crippen LogP contribution in [0.15, 0.2) is 62.8 Å². The molecule has 0 amide bonds. The maximum Gasteiger partial charge on any atom is 2.00 e. The second-order valence-electron chi connectivity index (χ2n) is 7.98. The molecule has 22 heteroatoms. The number of hydrogen-bond acceptors (Lipinski definition) is 7. The summed E-state index contributed by atoms with van der Waals surface area (Å²) >= 11 is 2.85. The van der Waals surface area contributed by atoms with E-state index in [4.69, 9.17) is 0 Å². The first-order chi connectivity index (χ1) is 20.0. The van der Waals surface area contributed by atoms with Gasteiger partial charge in [-0.25, -0.2) is 14.4 Å². The average Bonchev–Trinajstić information content (AvgIpc) is 2.87. The molecule has 0 unspecified atom stereocenters. The number of esters is 3. The Morgan fingerprint density at radius 3 is 1.11 bits per heavy atom. The Bertz CT molecular complexity index is 1300. The number of rotatable bonds is 7. The van der Waals surface area contributed by atoms with Gasteiger partial charge in [0.25, 0.3) is 5.78 Å². The minimum atomic E-state index is -9.76. The third-order valence-electron chi connectivity index (χ3n) is 4.00. The van der Waals surface area contributed by atoms with E-state index in [2.05, 4.69) is 30.1 Å². The van der Waals surface area contributed by atoms with Crippen LogP contribution in [0.5, 0.6) is 0 Å². The summed E-state index contributed by atoms with van der Waals surface area (Å²) in [7, 11) is -19.2. The Kier molecular flexibility index (Phi) is 20.1. The molecule has 0 fully saturated rings. The van der Waals surface area contributed by atoms with Crippen molar-refractivity contribution in [3.63, 3.8) is 0 Å². The number of halogens is 12. The molecule has 0 aliphatic heterocycles. The van der Waals surface area contributed by atoms with Crippen molar-refractivity contribution in [3.8, 4) is 0 Å². The summed E-state index contributed by atoms with van der Waals surface area (Å²) in [5.41, 5.74) is -0.455. The third kappa shape index (κ3) is 22.3. The summed E-state index contributed by atoms with van der Waals surface area (Å²) in [6.07, 6.45) is 2.00. The molecule has 270 valence electrons. The largest absolute Gasteiger partial charge is 2.00 e. The van der Waals surface area contributed by atoms with E-state index in [0.717, 1.165) is 12.1 Å². The Morgan fingerprint density at radius 2 is 0.851 bits per heavy atom. The molecule has 0 aliphatic carbocycles. The summed E-state index contributed by atoms with van der Waals surface area (Å²) in [6.45, 7) is 8.97. The molecule has 0 saturated carbocycles. The van der Waals surface area contributed by atoms with Gasteiger partial charge < -0.3 is 33.0 Å². The molecule has 2 rings (SSSR count). The van der Waals surface area contributed by atoms with Gasteiger partial charge in [-0.2, -0.15) is 13.8 Å². The van der Waals surface area contributed by atoms with Crippen LogP contribution in [0.25, 0.3) is 0 Å². The first kappa shape index (κ1) is 51.9. The zero-order valence-corrected chi connectivity index (χ0v) is 30.6. The SMILES string of the molecule is CCOC(=O)C(=O)OCC.CCOC(=O)C(=O)c1ccc(S(F)(F)(F)(F)F)cc1.C[CH-]C.FS(F)(F)(F)(F)c1ccc(Br)cc1.[Cl-].[Mg+2]. The van der Waals surface area contributed by atoms with E-state index in [9.17, 15) is 58.0 Å². The van der Waals surface area contributed by atoms with E-state index in [0.29, 0.717) is 28.7 Å². The fraction of sp³-hybridized carbons (Fsp3) is 0.320. The Labute approximate surface area is 295 Å². The van der Waals surface area contributed by atoms with Crippen LogP contribution in [0.4, 0.5) is 38.9 Å². The maximum atomic E-state index is 12.4. The molecule has 7 nitrogen and oxygen atoms in total. The standard InChI is InChI=1S/C10H9F5O3S.C6H4BrF5S.C6H10O4.C3H7.ClH.Mg/c1-2-18-10(17)9(16)7-3-5-8(6-4-7)19(11,12,13,14)15;7-5-1-3-6(4-2-5)13(8,9,10,11)12;1-3-9-5(7)6(8)10-4-2;1-3-2;;/h3-6H,2H2,1H3;1-4H;3-4H2,1-2H3;3H,1-2H3;1H;/q;;;-1;;+2/p-1. The smallest absolute Gasteiger partial charge is 1.00 e. The molecule has 0 aromatic heterocycles. The molecular weight excluding hydrogens is 806 g/mol. The molecule has 0 radical (unpaired) electrons. The van der Waals surface area contributed by atoms with Gasteiger partial charge in [-0.3, -0.25) is 4.79 Å². The third-order valence-corrected chi connectivity index (χ3v) is 6.85. The van der Waals surface area contributed by atoms with E-state index < -0.39 is 59.5 Å². The van der Waals surface area contributed by atoms with Gasteiger partial charge in [0, 0.05) is 10.0 Å². The molecule has 0 bridgehead atoms. The average molecular weight is 836 g/mol. The van der Waals surface area contributed by atoms with Crippen molar-refractivity contribution in [3.05, 3.63) is 65.0 Å². The first-order valence-corrected chi connectivity index (χ1v) is 16.8. The van der Waals surface area contributed by atoms with Crippen LogP contribution in [-0.4, -0.2) is 66.6 Å². The van der Waals surface area contributed by atoms with Gasteiger partial charge in [-0.05, 0) is 69.3 Å². The molecule has 2 aromatic rings. The van der Waals surface area contributed by atoms with Crippen LogP contribution in [-0.2, 0) is 28.6 Å². The minimum absolute atomic E-state index is 0. The van der Waals surface area contributed by atoms with Gasteiger partial charge in [0.2, 0.25) is 0 Å². The van der Waals surface area contributed by atoms with Gasteiger partial charge in [0.05, 0.1) is 19.8 Å². The fourth-order valence-electron chi connectivity index (χ4n) is 2.25. The van der Waals surface area contributed by atoms with Crippen molar-refractivity contribution in [1.82, 2.24) is 0 Å². The second kappa shape index (κ2) is 18.2. The van der Waals surface area contributed by atoms with Crippen LogP contribution in [0.3, 0.4) is 0 Å². The number of carbonyl (C=O) groups excluding carboxylic acids is 4. The van der Waals surface area contributed by atoms with E-state index in [1.54, 1.807) is 13.8 Å². The van der Waals surface area contributed by atoms with Crippen molar-refractivity contribution in [2.75, 3.05) is 19.8 Å². The van der Waals surface area contributed by atoms with Crippen molar-refractivity contribution in [2.24, 2.45) is 0 Å². The fourth-order valence-corrected chi connectivity index (χ4v) is 3.81. The van der Waals surface area contributed by atoms with E-state index in [1.165, 1.54) is 6.92 Å². The van der Waals surface area contributed by atoms with Crippen molar-refractivity contribution >= 4 is 83.1 Å². The molecule has 47 heavy (non-hydrogen) atoms. The van der Waals surface area contributed by atoms with E-state index in [1.807, 2.05) is 20.3 Å². The Hall–Kier alpha value is -1.94. The summed E-state index contributed by atoms with van der Waals surface area (Å²) < 4.78 is 136. The topological polar surface area (TPSA) is 96.0 Å². The maximum absolute atomic E-state index is 12.4. The zero-order valence-electron chi connectivity index (χ0n) is 25.2. The number of carbonyl (C=O) groups is 4. The van der Waals surface area contributed by atoms with Gasteiger partial charge in [-0.1, -0.05) is 54.8 Å². The van der Waals surface area contributed by atoms with E-state index in [-0.39, 0.29) is 67.4 Å². The molecule has 0 N–H and O–H groups in total. The van der Waals surface area contributed by atoms with Crippen LogP contribution >= 0.6 is 36.4 Å². The monoisotopic (exact) mass is 834 g/mol. The quantitative estimate of drug-likeness (QED) is 0.0556. The molecule has 0 spiro atoms. The molecule has 0 atom stereocenters. The van der Waals surface area contributed by atoms with Crippen LogP contribution < -0.4 is 12.4 Å². The zero-order chi connectivity index (χ0) is 36.0. The number of ketones is 1. The molecule has 0 saturated heterocycles. The van der Waals surface area contributed by atoms with Crippen LogP contribution in [0.2, 0.25) is 0 Å². The van der Waals surface area contributed by atoms with Gasteiger partial charge in [-0.15, -0.1) is 0 Å². The summed E-state index contributed by atoms with van der Waals surface area (Å²) in [5, 5.41) is 0. The molecule has 0 heterocycles. The summed E-state index contributed by atoms with van der Waals surface area (Å²) in [5.74, 6) is -4.31. The first-order valence-electron chi connectivity index (χ1n) is 12.1. The van der Waals surface area contributed by atoms with Gasteiger partial charge in [0.1, 0.15) is 9.79 Å². The minimum Gasteiger partial charge on any atom is -1.00 e. The van der Waals surface area contributed by atoms with E-state index >= 15 is 0 Å². The Morgan fingerprint density at radius 1 is 0.596 bits per heavy atom. The number of ether oxygens (including phenoxy) is 3. The Balaban J connectivity index is -0.000000290. The van der Waals surface area contributed by atoms with Crippen LogP contribution in [0.1, 0.15) is 45.0 Å². The number of Topliss-reactive ketones (excluding diaryl/α,β-unsaturated/α-hetero) is 1. The number of hydrogen-bond donors (Lipinski definition) is 0. The van der Waals surface area contributed by atoms with Crippen molar-refractivity contribution in [2.45, 2.75) is 44.4 Å². The molecular formula is C25H30BrClF10MgO7S2. The van der Waals surface area contributed by atoms with Crippen molar-refractivity contribution < 1.29 is 84.7 Å². The van der Waals surface area contributed by atoms with Gasteiger partial charge >= 0.3 is 61.4 Å². The normalized spacial score (nSPS) is 13.3. The van der Waals surface area contributed by atoms with Crippen molar-refractivity contribution in [1.29, 1.82) is 0 Å². The predicted octanol–water partition coefficient (Wildman–Crippen LogP) is 7.16. The predicted molar refractivity (Wildman–Crippen MR) is 159 cm³/mol. The summed E-state index contributed by atoms with van der Waals surface area (Å²) in [6, 6.07) is 3.69.